The summed E-state index contributed by atoms with van der Waals surface area (Å²) in [5, 5.41) is 3.94. The number of carbonyl (C=O) groups excluding carboxylic acids is 2. The summed E-state index contributed by atoms with van der Waals surface area (Å²) in [6.07, 6.45) is 9.34. The summed E-state index contributed by atoms with van der Waals surface area (Å²) in [5.41, 5.74) is 0.716. The van der Waals surface area contributed by atoms with Gasteiger partial charge in [-0.1, -0.05) is 19.8 Å². The molecule has 1 saturated carbocycles. The molecule has 1 aromatic heterocycles. The molecule has 30 heavy (non-hydrogen) atoms. The Morgan fingerprint density at radius 2 is 1.97 bits per heavy atom. The molecule has 2 aliphatic rings. The van der Waals surface area contributed by atoms with Gasteiger partial charge in [0.15, 0.2) is 6.10 Å². The number of likely N-dealkylation sites (tertiary alicyclic amines) is 1. The highest BCUT2D eigenvalue weighted by atomic mass is 32.2. The van der Waals surface area contributed by atoms with Gasteiger partial charge >= 0.3 is 0 Å². The number of amides is 2. The lowest BCUT2D eigenvalue weighted by molar-refractivity contribution is -0.143. The molecule has 168 valence electrons. The normalized spacial score (nSPS) is 26.1. The van der Waals surface area contributed by atoms with E-state index in [-0.39, 0.29) is 23.0 Å². The predicted molar refractivity (Wildman–Crippen MR) is 115 cm³/mol. The molecule has 0 aromatic carbocycles. The van der Waals surface area contributed by atoms with E-state index < -0.39 is 15.8 Å². The van der Waals surface area contributed by atoms with E-state index in [2.05, 4.69) is 16.4 Å². The third kappa shape index (κ3) is 5.29. The van der Waals surface area contributed by atoms with Crippen molar-refractivity contribution in [3.05, 3.63) is 18.0 Å². The minimum Gasteiger partial charge on any atom is -0.367 e. The van der Waals surface area contributed by atoms with Gasteiger partial charge in [-0.3, -0.25) is 14.3 Å². The van der Waals surface area contributed by atoms with Crippen LogP contribution in [0.4, 0.5) is 0 Å². The SMILES string of the molecule is COC(C(=O)N1CCC(S(C)(=O)=NC(=O)C2CCCC(C)C2)CC1)c1cnn(C)c1. The zero-order chi connectivity index (χ0) is 21.9. The number of rotatable bonds is 5. The van der Waals surface area contributed by atoms with E-state index in [4.69, 9.17) is 4.74 Å². The Bertz CT molecular complexity index is 881. The Hall–Kier alpha value is -1.74. The molecular weight excluding hydrogens is 404 g/mol. The zero-order valence-corrected chi connectivity index (χ0v) is 19.3. The highest BCUT2D eigenvalue weighted by Gasteiger charge is 2.33. The van der Waals surface area contributed by atoms with Crippen molar-refractivity contribution >= 4 is 21.5 Å². The number of piperidine rings is 1. The lowest BCUT2D eigenvalue weighted by Crippen LogP contribution is -2.44. The van der Waals surface area contributed by atoms with Gasteiger partial charge < -0.3 is 9.64 Å². The van der Waals surface area contributed by atoms with E-state index in [0.717, 1.165) is 25.7 Å². The molecule has 1 aromatic rings. The first-order valence-electron chi connectivity index (χ1n) is 10.8. The van der Waals surface area contributed by atoms with Crippen LogP contribution in [0.2, 0.25) is 0 Å². The molecule has 0 bridgehead atoms. The van der Waals surface area contributed by atoms with Crippen LogP contribution < -0.4 is 0 Å². The molecule has 2 fully saturated rings. The van der Waals surface area contributed by atoms with Gasteiger partial charge in [-0.2, -0.15) is 9.46 Å². The molecule has 4 atom stereocenters. The number of aryl methyl sites for hydroxylation is 1. The molecule has 8 nitrogen and oxygen atoms in total. The van der Waals surface area contributed by atoms with Crippen LogP contribution in [0.3, 0.4) is 0 Å². The summed E-state index contributed by atoms with van der Waals surface area (Å²) >= 11 is 0. The third-order valence-corrected chi connectivity index (χ3v) is 8.67. The van der Waals surface area contributed by atoms with Crippen LogP contribution in [0.15, 0.2) is 16.8 Å². The number of hydrogen-bond acceptors (Lipinski definition) is 5. The molecule has 2 heterocycles. The molecule has 2 amide bonds. The number of nitrogens with zero attached hydrogens (tertiary/aromatic N) is 4. The smallest absolute Gasteiger partial charge is 0.256 e. The second kappa shape index (κ2) is 9.60. The molecule has 3 rings (SSSR count). The van der Waals surface area contributed by atoms with E-state index in [0.29, 0.717) is 37.4 Å². The molecule has 1 aliphatic heterocycles. The van der Waals surface area contributed by atoms with Crippen LogP contribution in [0.5, 0.6) is 0 Å². The maximum absolute atomic E-state index is 13.2. The average Bonchev–Trinajstić information content (AvgIpc) is 3.14. The number of hydrogen-bond donors (Lipinski definition) is 0. The maximum atomic E-state index is 13.2. The van der Waals surface area contributed by atoms with Crippen molar-refractivity contribution in [3.63, 3.8) is 0 Å². The van der Waals surface area contributed by atoms with Crippen molar-refractivity contribution in [1.29, 1.82) is 0 Å². The number of ether oxygens (including phenoxy) is 1. The van der Waals surface area contributed by atoms with Gasteiger partial charge in [-0.05, 0) is 31.6 Å². The zero-order valence-electron chi connectivity index (χ0n) is 18.5. The summed E-state index contributed by atoms with van der Waals surface area (Å²) < 4.78 is 24.5. The lowest BCUT2D eigenvalue weighted by Gasteiger charge is -2.34. The Kier molecular flexibility index (Phi) is 7.34. The quantitative estimate of drug-likeness (QED) is 0.704. The fourth-order valence-electron chi connectivity index (χ4n) is 4.62. The number of carbonyl (C=O) groups is 2. The minimum atomic E-state index is -2.63. The lowest BCUT2D eigenvalue weighted by atomic mass is 9.82. The molecule has 1 aliphatic carbocycles. The van der Waals surface area contributed by atoms with Gasteiger partial charge in [-0.25, -0.2) is 4.21 Å². The van der Waals surface area contributed by atoms with E-state index in [1.165, 1.54) is 7.11 Å². The monoisotopic (exact) mass is 438 g/mol. The first-order valence-corrected chi connectivity index (χ1v) is 12.7. The number of methoxy groups -OCH3 is 1. The van der Waals surface area contributed by atoms with Gasteiger partial charge in [0.2, 0.25) is 0 Å². The van der Waals surface area contributed by atoms with Crippen LogP contribution in [0.25, 0.3) is 0 Å². The van der Waals surface area contributed by atoms with Crippen LogP contribution in [-0.2, 0) is 31.1 Å². The summed E-state index contributed by atoms with van der Waals surface area (Å²) in [7, 11) is 0.676. The maximum Gasteiger partial charge on any atom is 0.256 e. The second-order valence-corrected chi connectivity index (χ2v) is 11.4. The van der Waals surface area contributed by atoms with Gasteiger partial charge in [0.1, 0.15) is 0 Å². The first-order chi connectivity index (χ1) is 14.2. The Labute approximate surface area is 179 Å². The van der Waals surface area contributed by atoms with Gasteiger partial charge in [-0.15, -0.1) is 0 Å². The van der Waals surface area contributed by atoms with E-state index >= 15 is 0 Å². The van der Waals surface area contributed by atoms with Crippen LogP contribution in [0.1, 0.15) is 57.1 Å². The van der Waals surface area contributed by atoms with E-state index in [9.17, 15) is 13.8 Å². The van der Waals surface area contributed by atoms with E-state index in [1.807, 2.05) is 0 Å². The molecule has 1 saturated heterocycles. The summed E-state index contributed by atoms with van der Waals surface area (Å²) in [4.78, 5) is 27.3. The van der Waals surface area contributed by atoms with E-state index in [1.54, 1.807) is 35.3 Å². The van der Waals surface area contributed by atoms with Crippen molar-refractivity contribution < 1.29 is 18.5 Å². The Balaban J connectivity index is 1.61. The Morgan fingerprint density at radius 3 is 2.53 bits per heavy atom. The average molecular weight is 439 g/mol. The van der Waals surface area contributed by atoms with Crippen molar-refractivity contribution in [1.82, 2.24) is 14.7 Å². The summed E-state index contributed by atoms with van der Waals surface area (Å²) in [5.74, 6) is 0.135. The van der Waals surface area contributed by atoms with Gasteiger partial charge in [0, 0.05) is 56.4 Å². The van der Waals surface area contributed by atoms with Crippen LogP contribution >= 0.6 is 0 Å². The third-order valence-electron chi connectivity index (χ3n) is 6.42. The molecule has 0 N–H and O–H groups in total. The number of aromatic nitrogens is 2. The van der Waals surface area contributed by atoms with Crippen molar-refractivity contribution in [3.8, 4) is 0 Å². The van der Waals surface area contributed by atoms with Crippen molar-refractivity contribution in [2.24, 2.45) is 23.2 Å². The Morgan fingerprint density at radius 1 is 1.27 bits per heavy atom. The largest absolute Gasteiger partial charge is 0.367 e. The topological polar surface area (TPSA) is 93.9 Å². The second-order valence-electron chi connectivity index (χ2n) is 8.85. The van der Waals surface area contributed by atoms with Crippen molar-refractivity contribution in [2.45, 2.75) is 56.8 Å². The molecule has 9 heteroatoms. The molecular formula is C21H34N4O4S. The van der Waals surface area contributed by atoms with Crippen LogP contribution in [-0.4, -0.2) is 62.4 Å². The van der Waals surface area contributed by atoms with Gasteiger partial charge in [0.25, 0.3) is 11.8 Å². The predicted octanol–water partition coefficient (Wildman–Crippen LogP) is 2.55. The van der Waals surface area contributed by atoms with Gasteiger partial charge in [0.05, 0.1) is 15.9 Å². The first kappa shape index (κ1) is 22.9. The standard InChI is InChI=1S/C21H34N4O4S/c1-15-6-5-7-16(12-15)20(26)23-30(4,28)18-8-10-25(11-9-18)21(27)19(29-3)17-13-22-24(2)14-17/h13-16,18-19H,5-12H2,1-4H3. The molecule has 0 radical (unpaired) electrons. The highest BCUT2D eigenvalue weighted by molar-refractivity contribution is 7.93. The minimum absolute atomic E-state index is 0.0851. The highest BCUT2D eigenvalue weighted by Crippen LogP contribution is 2.30. The summed E-state index contributed by atoms with van der Waals surface area (Å²) in [6, 6.07) is 0. The molecule has 4 unspecified atom stereocenters. The fourth-order valence-corrected chi connectivity index (χ4v) is 6.36. The van der Waals surface area contributed by atoms with Crippen LogP contribution in [0, 0.1) is 11.8 Å². The molecule has 0 spiro atoms. The fraction of sp³-hybridized carbons (Fsp3) is 0.762. The summed E-state index contributed by atoms with van der Waals surface area (Å²) in [6.45, 7) is 3.13. The van der Waals surface area contributed by atoms with Crippen molar-refractivity contribution in [2.75, 3.05) is 26.5 Å².